The Bertz CT molecular complexity index is 1110. The maximum absolute atomic E-state index is 12.3. The number of benzene rings is 3. The number of carbonyl (C=O) groups excluding carboxylic acids is 1. The first-order valence-electron chi connectivity index (χ1n) is 8.42. The van der Waals surface area contributed by atoms with Crippen molar-refractivity contribution in [3.63, 3.8) is 0 Å². The van der Waals surface area contributed by atoms with E-state index >= 15 is 0 Å². The zero-order valence-corrected chi connectivity index (χ0v) is 17.6. The number of halogens is 2. The molecule has 4 aromatic rings. The average Bonchev–Trinajstić information content (AvgIpc) is 3.13. The van der Waals surface area contributed by atoms with Crippen LogP contribution in [0.15, 0.2) is 71.2 Å². The number of nitrogens with zero attached hydrogens (tertiary/aromatic N) is 1. The van der Waals surface area contributed by atoms with Gasteiger partial charge in [0.2, 0.25) is 0 Å². The van der Waals surface area contributed by atoms with E-state index in [0.717, 1.165) is 25.3 Å². The Kier molecular flexibility index (Phi) is 5.62. The lowest BCUT2D eigenvalue weighted by molar-refractivity contribution is -0.118. The molecule has 4 nitrogen and oxygen atoms in total. The smallest absolute Gasteiger partial charge is 0.262 e. The van der Waals surface area contributed by atoms with Gasteiger partial charge in [-0.3, -0.25) is 4.79 Å². The Morgan fingerprint density at radius 2 is 1.89 bits per heavy atom. The first-order chi connectivity index (χ1) is 13.6. The zero-order valence-electron chi connectivity index (χ0n) is 14.5. The molecular formula is C21H14BrClN2O2S. The number of nitrogens with one attached hydrogen (secondary N) is 1. The third-order valence-corrected chi connectivity index (χ3v) is 5.91. The van der Waals surface area contributed by atoms with Crippen LogP contribution in [0.2, 0.25) is 5.02 Å². The van der Waals surface area contributed by atoms with Crippen LogP contribution in [-0.4, -0.2) is 17.5 Å². The van der Waals surface area contributed by atoms with Gasteiger partial charge in [-0.1, -0.05) is 45.7 Å². The summed E-state index contributed by atoms with van der Waals surface area (Å²) in [5.41, 5.74) is 2.38. The second-order valence-electron chi connectivity index (χ2n) is 5.97. The summed E-state index contributed by atoms with van der Waals surface area (Å²) >= 11 is 11.2. The van der Waals surface area contributed by atoms with E-state index in [4.69, 9.17) is 16.3 Å². The Balaban J connectivity index is 1.49. The van der Waals surface area contributed by atoms with E-state index < -0.39 is 0 Å². The molecule has 0 spiro atoms. The minimum Gasteiger partial charge on any atom is -0.484 e. The van der Waals surface area contributed by atoms with Gasteiger partial charge >= 0.3 is 0 Å². The quantitative estimate of drug-likeness (QED) is 0.365. The first kappa shape index (κ1) is 18.9. The molecule has 1 N–H and O–H groups in total. The lowest BCUT2D eigenvalue weighted by atomic mass is 10.2. The lowest BCUT2D eigenvalue weighted by Crippen LogP contribution is -2.20. The molecule has 0 aliphatic heterocycles. The van der Waals surface area contributed by atoms with Crippen molar-refractivity contribution in [1.82, 2.24) is 4.98 Å². The number of fused-ring (bicyclic) bond motifs is 1. The fraction of sp³-hybridized carbons (Fsp3) is 0.0476. The van der Waals surface area contributed by atoms with Crippen molar-refractivity contribution in [3.05, 3.63) is 76.2 Å². The van der Waals surface area contributed by atoms with Crippen LogP contribution >= 0.6 is 38.9 Å². The molecule has 7 heteroatoms. The van der Waals surface area contributed by atoms with Crippen molar-refractivity contribution in [2.45, 2.75) is 0 Å². The van der Waals surface area contributed by atoms with Crippen LogP contribution in [0.25, 0.3) is 20.8 Å². The van der Waals surface area contributed by atoms with Crippen LogP contribution < -0.4 is 10.1 Å². The SMILES string of the molecule is O=C(COc1ccc(Br)cc1)Nc1cc(-c2nc3ccccc3s2)ccc1Cl. The molecular weight excluding hydrogens is 460 g/mol. The summed E-state index contributed by atoms with van der Waals surface area (Å²) < 4.78 is 7.56. The van der Waals surface area contributed by atoms with E-state index in [0.29, 0.717) is 16.5 Å². The number of rotatable bonds is 5. The number of ether oxygens (including phenoxy) is 1. The summed E-state index contributed by atoms with van der Waals surface area (Å²) in [6, 6.07) is 20.7. The molecule has 0 saturated carbocycles. The molecule has 0 unspecified atom stereocenters. The summed E-state index contributed by atoms with van der Waals surface area (Å²) in [7, 11) is 0. The molecule has 1 amide bonds. The van der Waals surface area contributed by atoms with Gasteiger partial charge in [-0.2, -0.15) is 0 Å². The Labute approximate surface area is 179 Å². The van der Waals surface area contributed by atoms with Crippen LogP contribution in [0.5, 0.6) is 5.75 Å². The normalized spacial score (nSPS) is 10.8. The topological polar surface area (TPSA) is 51.2 Å². The van der Waals surface area contributed by atoms with E-state index in [-0.39, 0.29) is 12.5 Å². The molecule has 0 bridgehead atoms. The standard InChI is InChI=1S/C21H14BrClN2O2S/c22-14-6-8-15(9-7-14)27-12-20(26)24-18-11-13(5-10-16(18)23)21-25-17-3-1-2-4-19(17)28-21/h1-11H,12H2,(H,24,26). The maximum atomic E-state index is 12.3. The van der Waals surface area contributed by atoms with Gasteiger partial charge in [-0.05, 0) is 48.5 Å². The van der Waals surface area contributed by atoms with Crippen molar-refractivity contribution in [1.29, 1.82) is 0 Å². The molecule has 4 rings (SSSR count). The van der Waals surface area contributed by atoms with Gasteiger partial charge in [0.05, 0.1) is 20.9 Å². The highest BCUT2D eigenvalue weighted by Gasteiger charge is 2.11. The van der Waals surface area contributed by atoms with Gasteiger partial charge in [0.25, 0.3) is 5.91 Å². The number of amides is 1. The Morgan fingerprint density at radius 1 is 1.11 bits per heavy atom. The van der Waals surface area contributed by atoms with E-state index in [1.54, 1.807) is 29.5 Å². The molecule has 140 valence electrons. The van der Waals surface area contributed by atoms with Crippen molar-refractivity contribution in [3.8, 4) is 16.3 Å². The van der Waals surface area contributed by atoms with Crippen LogP contribution in [0.4, 0.5) is 5.69 Å². The Hall–Kier alpha value is -2.41. The van der Waals surface area contributed by atoms with Gasteiger partial charge in [0.1, 0.15) is 10.8 Å². The summed E-state index contributed by atoms with van der Waals surface area (Å²) in [5, 5.41) is 4.14. The predicted octanol–water partition coefficient (Wildman–Crippen LogP) is 6.40. The van der Waals surface area contributed by atoms with Crippen LogP contribution in [0, 0.1) is 0 Å². The van der Waals surface area contributed by atoms with Crippen LogP contribution in [0.1, 0.15) is 0 Å². The number of hydrogen-bond donors (Lipinski definition) is 1. The second kappa shape index (κ2) is 8.31. The van der Waals surface area contributed by atoms with E-state index in [1.165, 1.54) is 0 Å². The molecule has 0 aliphatic rings. The number of para-hydroxylation sites is 1. The van der Waals surface area contributed by atoms with Gasteiger partial charge < -0.3 is 10.1 Å². The number of hydrogen-bond acceptors (Lipinski definition) is 4. The average molecular weight is 474 g/mol. The minimum absolute atomic E-state index is 0.108. The van der Waals surface area contributed by atoms with Crippen molar-refractivity contribution in [2.75, 3.05) is 11.9 Å². The number of carbonyl (C=O) groups is 1. The van der Waals surface area contributed by atoms with Crippen molar-refractivity contribution < 1.29 is 9.53 Å². The molecule has 0 aliphatic carbocycles. The summed E-state index contributed by atoms with van der Waals surface area (Å²) in [5.74, 6) is 0.332. The van der Waals surface area contributed by atoms with Crippen molar-refractivity contribution in [2.24, 2.45) is 0 Å². The van der Waals surface area contributed by atoms with Gasteiger partial charge in [-0.25, -0.2) is 4.98 Å². The maximum Gasteiger partial charge on any atom is 0.262 e. The molecule has 28 heavy (non-hydrogen) atoms. The highest BCUT2D eigenvalue weighted by atomic mass is 79.9. The highest BCUT2D eigenvalue weighted by Crippen LogP contribution is 2.33. The van der Waals surface area contributed by atoms with Gasteiger partial charge in [-0.15, -0.1) is 11.3 Å². The molecule has 0 fully saturated rings. The van der Waals surface area contributed by atoms with Crippen LogP contribution in [-0.2, 0) is 4.79 Å². The third kappa shape index (κ3) is 4.35. The van der Waals surface area contributed by atoms with E-state index in [9.17, 15) is 4.79 Å². The predicted molar refractivity (Wildman–Crippen MR) is 118 cm³/mol. The fourth-order valence-electron chi connectivity index (χ4n) is 2.62. The number of thiazole rings is 1. The fourth-order valence-corrected chi connectivity index (χ4v) is 4.01. The number of anilines is 1. The third-order valence-electron chi connectivity index (χ3n) is 3.96. The summed E-state index contributed by atoms with van der Waals surface area (Å²) in [6.07, 6.45) is 0. The molecule has 1 aromatic heterocycles. The van der Waals surface area contributed by atoms with Crippen LogP contribution in [0.3, 0.4) is 0 Å². The highest BCUT2D eigenvalue weighted by molar-refractivity contribution is 9.10. The summed E-state index contributed by atoms with van der Waals surface area (Å²) in [4.78, 5) is 16.9. The molecule has 3 aromatic carbocycles. The summed E-state index contributed by atoms with van der Waals surface area (Å²) in [6.45, 7) is -0.108. The molecule has 0 saturated heterocycles. The van der Waals surface area contributed by atoms with E-state index in [1.807, 2.05) is 48.5 Å². The zero-order chi connectivity index (χ0) is 19.5. The molecule has 1 heterocycles. The van der Waals surface area contributed by atoms with E-state index in [2.05, 4.69) is 26.2 Å². The monoisotopic (exact) mass is 472 g/mol. The largest absolute Gasteiger partial charge is 0.484 e. The first-order valence-corrected chi connectivity index (χ1v) is 10.4. The number of aromatic nitrogens is 1. The molecule has 0 radical (unpaired) electrons. The second-order valence-corrected chi connectivity index (χ2v) is 8.33. The lowest BCUT2D eigenvalue weighted by Gasteiger charge is -2.10. The minimum atomic E-state index is -0.286. The molecule has 0 atom stereocenters. The van der Waals surface area contributed by atoms with Gasteiger partial charge in [0, 0.05) is 10.0 Å². The Morgan fingerprint density at radius 3 is 2.68 bits per heavy atom. The van der Waals surface area contributed by atoms with Crippen molar-refractivity contribution >= 4 is 60.7 Å². The van der Waals surface area contributed by atoms with Gasteiger partial charge in [0.15, 0.2) is 6.61 Å².